The largest absolute Gasteiger partial charge is 0.481 e. The van der Waals surface area contributed by atoms with Crippen LogP contribution in [0.3, 0.4) is 0 Å². The summed E-state index contributed by atoms with van der Waals surface area (Å²) in [5.41, 5.74) is 1.44. The number of rotatable bonds is 3. The molecule has 1 aromatic rings. The molecule has 4 nitrogen and oxygen atoms in total. The van der Waals surface area contributed by atoms with Crippen LogP contribution >= 0.6 is 0 Å². The molecule has 1 aliphatic rings. The van der Waals surface area contributed by atoms with Crippen LogP contribution in [-0.2, 0) is 15.0 Å². The Hall–Kier alpha value is -1.84. The third kappa shape index (κ3) is 1.60. The fourth-order valence-corrected chi connectivity index (χ4v) is 2.26. The number of carboxylic acid groups (broad SMARTS) is 2. The lowest BCUT2D eigenvalue weighted by Gasteiger charge is -2.13. The molecule has 2 rings (SSSR count). The Morgan fingerprint density at radius 3 is 2.29 bits per heavy atom. The molecular weight excluding hydrogens is 220 g/mol. The number of hydrogen-bond donors (Lipinski definition) is 2. The summed E-state index contributed by atoms with van der Waals surface area (Å²) in [6.45, 7) is 3.83. The average Bonchev–Trinajstić information content (AvgIpc) is 2.98. The van der Waals surface area contributed by atoms with Crippen LogP contribution in [0.2, 0.25) is 0 Å². The second-order valence-electron chi connectivity index (χ2n) is 4.67. The zero-order valence-electron chi connectivity index (χ0n) is 9.73. The van der Waals surface area contributed by atoms with Gasteiger partial charge in [0.25, 0.3) is 0 Å². The maximum atomic E-state index is 11.3. The maximum absolute atomic E-state index is 11.3. The standard InChI is InChI=1S/C13H14O4/c1-7-3-4-9(5-8(7)2)13(12(16)17)6-10(13)11(14)15/h3-5,10H,6H2,1-2H3,(H,14,15)(H,16,17). The predicted octanol–water partition coefficient (Wildman–Crippen LogP) is 1.73. The monoisotopic (exact) mass is 234 g/mol. The van der Waals surface area contributed by atoms with Crippen LogP contribution in [-0.4, -0.2) is 22.2 Å². The Morgan fingerprint density at radius 1 is 1.24 bits per heavy atom. The number of aliphatic carboxylic acids is 2. The predicted molar refractivity (Wildman–Crippen MR) is 61.0 cm³/mol. The lowest BCUT2D eigenvalue weighted by molar-refractivity contribution is -0.145. The van der Waals surface area contributed by atoms with Crippen molar-refractivity contribution in [3.63, 3.8) is 0 Å². The van der Waals surface area contributed by atoms with E-state index in [2.05, 4.69) is 0 Å². The van der Waals surface area contributed by atoms with Crippen LogP contribution in [0.15, 0.2) is 18.2 Å². The van der Waals surface area contributed by atoms with Crippen LogP contribution in [0.25, 0.3) is 0 Å². The van der Waals surface area contributed by atoms with E-state index in [1.807, 2.05) is 19.9 Å². The number of carbonyl (C=O) groups is 2. The van der Waals surface area contributed by atoms with Crippen molar-refractivity contribution in [1.29, 1.82) is 0 Å². The van der Waals surface area contributed by atoms with Gasteiger partial charge in [0.1, 0.15) is 5.41 Å². The zero-order valence-corrected chi connectivity index (χ0v) is 9.73. The molecule has 0 bridgehead atoms. The topological polar surface area (TPSA) is 74.6 Å². The molecule has 17 heavy (non-hydrogen) atoms. The minimum absolute atomic E-state index is 0.181. The first kappa shape index (κ1) is 11.6. The smallest absolute Gasteiger partial charge is 0.315 e. The molecule has 2 unspecified atom stereocenters. The minimum atomic E-state index is -1.22. The Labute approximate surface area is 98.9 Å². The van der Waals surface area contributed by atoms with E-state index in [9.17, 15) is 14.7 Å². The first-order valence-electron chi connectivity index (χ1n) is 5.43. The van der Waals surface area contributed by atoms with Gasteiger partial charge in [0.2, 0.25) is 0 Å². The van der Waals surface area contributed by atoms with Gasteiger partial charge in [0, 0.05) is 0 Å². The number of carboxylic acids is 2. The third-order valence-electron chi connectivity index (χ3n) is 3.66. The SMILES string of the molecule is Cc1ccc(C2(C(=O)O)CC2C(=O)O)cc1C. The van der Waals surface area contributed by atoms with Gasteiger partial charge in [0.05, 0.1) is 5.92 Å². The number of aryl methyl sites for hydroxylation is 2. The van der Waals surface area contributed by atoms with E-state index in [0.717, 1.165) is 11.1 Å². The van der Waals surface area contributed by atoms with E-state index in [4.69, 9.17) is 5.11 Å². The maximum Gasteiger partial charge on any atom is 0.315 e. The van der Waals surface area contributed by atoms with Crippen molar-refractivity contribution in [2.45, 2.75) is 25.7 Å². The Kier molecular flexibility index (Phi) is 2.45. The van der Waals surface area contributed by atoms with Gasteiger partial charge in [-0.2, -0.15) is 0 Å². The molecule has 0 heterocycles. The van der Waals surface area contributed by atoms with Gasteiger partial charge in [-0.05, 0) is 37.0 Å². The van der Waals surface area contributed by atoms with Crippen molar-refractivity contribution < 1.29 is 19.8 Å². The molecule has 0 aliphatic heterocycles. The normalized spacial score (nSPS) is 26.6. The molecule has 1 fully saturated rings. The first-order chi connectivity index (χ1) is 7.89. The van der Waals surface area contributed by atoms with E-state index >= 15 is 0 Å². The molecule has 0 spiro atoms. The number of benzene rings is 1. The molecular formula is C13H14O4. The lowest BCUT2D eigenvalue weighted by atomic mass is 9.91. The van der Waals surface area contributed by atoms with Crippen molar-refractivity contribution >= 4 is 11.9 Å². The van der Waals surface area contributed by atoms with E-state index in [1.54, 1.807) is 12.1 Å². The Morgan fingerprint density at radius 2 is 1.88 bits per heavy atom. The van der Waals surface area contributed by atoms with Gasteiger partial charge in [0.15, 0.2) is 0 Å². The van der Waals surface area contributed by atoms with Gasteiger partial charge < -0.3 is 10.2 Å². The molecule has 0 radical (unpaired) electrons. The molecule has 90 valence electrons. The van der Waals surface area contributed by atoms with E-state index in [1.165, 1.54) is 0 Å². The molecule has 0 aromatic heterocycles. The summed E-state index contributed by atoms with van der Waals surface area (Å²) in [5.74, 6) is -2.89. The highest BCUT2D eigenvalue weighted by molar-refractivity contribution is 5.94. The van der Waals surface area contributed by atoms with Crippen LogP contribution in [0.5, 0.6) is 0 Å². The molecule has 2 atom stereocenters. The van der Waals surface area contributed by atoms with Gasteiger partial charge in [-0.15, -0.1) is 0 Å². The van der Waals surface area contributed by atoms with E-state index < -0.39 is 23.3 Å². The van der Waals surface area contributed by atoms with Gasteiger partial charge >= 0.3 is 11.9 Å². The summed E-state index contributed by atoms with van der Waals surface area (Å²) >= 11 is 0. The molecule has 1 saturated carbocycles. The minimum Gasteiger partial charge on any atom is -0.481 e. The molecule has 0 saturated heterocycles. The fourth-order valence-electron chi connectivity index (χ4n) is 2.26. The fraction of sp³-hybridized carbons (Fsp3) is 0.385. The van der Waals surface area contributed by atoms with Gasteiger partial charge in [-0.3, -0.25) is 9.59 Å². The second kappa shape index (κ2) is 3.58. The molecule has 2 N–H and O–H groups in total. The summed E-state index contributed by atoms with van der Waals surface area (Å²) in [5, 5.41) is 18.2. The highest BCUT2D eigenvalue weighted by Gasteiger charge is 2.65. The van der Waals surface area contributed by atoms with Crippen molar-refractivity contribution in [1.82, 2.24) is 0 Å². The van der Waals surface area contributed by atoms with Crippen LogP contribution in [0.4, 0.5) is 0 Å². The van der Waals surface area contributed by atoms with Crippen molar-refractivity contribution in [2.24, 2.45) is 5.92 Å². The average molecular weight is 234 g/mol. The lowest BCUT2D eigenvalue weighted by Crippen LogP contribution is -2.25. The van der Waals surface area contributed by atoms with Crippen molar-refractivity contribution in [2.75, 3.05) is 0 Å². The highest BCUT2D eigenvalue weighted by Crippen LogP contribution is 2.54. The molecule has 0 amide bonds. The van der Waals surface area contributed by atoms with Gasteiger partial charge in [-0.1, -0.05) is 18.2 Å². The Balaban J connectivity index is 2.46. The summed E-state index contributed by atoms with van der Waals surface area (Å²) in [4.78, 5) is 22.3. The summed E-state index contributed by atoms with van der Waals surface area (Å²) in [6, 6.07) is 5.35. The van der Waals surface area contributed by atoms with E-state index in [-0.39, 0.29) is 6.42 Å². The first-order valence-corrected chi connectivity index (χ1v) is 5.43. The molecule has 4 heteroatoms. The van der Waals surface area contributed by atoms with Crippen molar-refractivity contribution in [3.05, 3.63) is 34.9 Å². The summed E-state index contributed by atoms with van der Waals surface area (Å²) in [7, 11) is 0. The Bertz CT molecular complexity index is 506. The van der Waals surface area contributed by atoms with Crippen LogP contribution in [0, 0.1) is 19.8 Å². The number of hydrogen-bond acceptors (Lipinski definition) is 2. The third-order valence-corrected chi connectivity index (χ3v) is 3.66. The molecule has 1 aromatic carbocycles. The van der Waals surface area contributed by atoms with Gasteiger partial charge in [-0.25, -0.2) is 0 Å². The van der Waals surface area contributed by atoms with Crippen LogP contribution in [0.1, 0.15) is 23.1 Å². The van der Waals surface area contributed by atoms with Crippen LogP contribution < -0.4 is 0 Å². The quantitative estimate of drug-likeness (QED) is 0.835. The molecule has 1 aliphatic carbocycles. The highest BCUT2D eigenvalue weighted by atomic mass is 16.4. The summed E-state index contributed by atoms with van der Waals surface area (Å²) < 4.78 is 0. The van der Waals surface area contributed by atoms with Crippen molar-refractivity contribution in [3.8, 4) is 0 Å². The zero-order chi connectivity index (χ0) is 12.8. The van der Waals surface area contributed by atoms with E-state index in [0.29, 0.717) is 5.56 Å². The second-order valence-corrected chi connectivity index (χ2v) is 4.67. The summed E-state index contributed by atoms with van der Waals surface area (Å²) in [6.07, 6.45) is 0.181.